The Bertz CT molecular complexity index is 405. The molecule has 2 atom stereocenters. The summed E-state index contributed by atoms with van der Waals surface area (Å²) in [7, 11) is 1.80. The molecule has 2 rings (SSSR count). The minimum absolute atomic E-state index is 0. The third-order valence-corrected chi connectivity index (χ3v) is 5.83. The summed E-state index contributed by atoms with van der Waals surface area (Å²) >= 11 is 0. The molecule has 5 nitrogen and oxygen atoms in total. The van der Waals surface area contributed by atoms with Crippen molar-refractivity contribution in [3.05, 3.63) is 0 Å². The molecule has 0 aromatic rings. The van der Waals surface area contributed by atoms with Gasteiger partial charge in [0, 0.05) is 53.0 Å². The predicted octanol–water partition coefficient (Wildman–Crippen LogP) is 3.34. The molecule has 1 saturated carbocycles. The molecule has 0 spiro atoms. The Kier molecular flexibility index (Phi) is 11.4. The summed E-state index contributed by atoms with van der Waals surface area (Å²) in [6.07, 6.45) is 6.44. The average molecular weight is 480 g/mol. The molecule has 2 aliphatic rings. The molecule has 0 amide bonds. The van der Waals surface area contributed by atoms with Crippen molar-refractivity contribution in [3.63, 3.8) is 0 Å². The van der Waals surface area contributed by atoms with E-state index in [0.29, 0.717) is 5.41 Å². The summed E-state index contributed by atoms with van der Waals surface area (Å²) in [4.78, 5) is 7.49. The summed E-state index contributed by atoms with van der Waals surface area (Å²) in [5.41, 5.74) is 0.385. The first-order chi connectivity index (χ1) is 12.1. The average Bonchev–Trinajstić information content (AvgIpc) is 2.52. The maximum Gasteiger partial charge on any atom is 0.191 e. The van der Waals surface area contributed by atoms with Crippen LogP contribution in [0.15, 0.2) is 4.99 Å². The van der Waals surface area contributed by atoms with E-state index in [-0.39, 0.29) is 24.0 Å². The van der Waals surface area contributed by atoms with E-state index in [1.165, 1.54) is 38.8 Å². The number of hydrogen-bond acceptors (Lipinski definition) is 3. The van der Waals surface area contributed by atoms with Gasteiger partial charge in [0.05, 0.1) is 0 Å². The maximum atomic E-state index is 5.29. The molecule has 0 bridgehead atoms. The lowest BCUT2D eigenvalue weighted by molar-refractivity contribution is 0.0778. The van der Waals surface area contributed by atoms with Gasteiger partial charge in [0.15, 0.2) is 5.96 Å². The molecule has 2 N–H and O–H groups in total. The highest BCUT2D eigenvalue weighted by molar-refractivity contribution is 14.0. The topological polar surface area (TPSA) is 48.9 Å². The molecule has 2 unspecified atom stereocenters. The van der Waals surface area contributed by atoms with Crippen LogP contribution in [0.5, 0.6) is 0 Å². The number of rotatable bonds is 9. The zero-order valence-corrected chi connectivity index (χ0v) is 19.7. The Hall–Kier alpha value is -0.0800. The Morgan fingerprint density at radius 1 is 1.19 bits per heavy atom. The standard InChI is InChI=1S/C20H40N4O.HI/c1-5-21-19(23-16-20(7-6-8-20)9-12-25-4)22-10-11-24-14-17(2)13-18(3)15-24;/h17-18H,5-16H2,1-4H3,(H2,21,22,23);1H. The normalized spacial score (nSPS) is 25.9. The highest BCUT2D eigenvalue weighted by Gasteiger charge is 2.36. The van der Waals surface area contributed by atoms with Gasteiger partial charge in [-0.05, 0) is 49.9 Å². The SMILES string of the molecule is CCNC(=NCC1(CCOC)CCC1)NCCN1CC(C)CC(C)C1.I. The molecule has 0 aromatic carbocycles. The fourth-order valence-electron chi connectivity index (χ4n) is 4.38. The number of guanidine groups is 1. The molecule has 1 aliphatic heterocycles. The molecule has 1 heterocycles. The second-order valence-corrected chi connectivity index (χ2v) is 8.42. The van der Waals surface area contributed by atoms with E-state index in [1.54, 1.807) is 7.11 Å². The molecular formula is C20H41IN4O. The molecule has 0 radical (unpaired) electrons. The summed E-state index contributed by atoms with van der Waals surface area (Å²) < 4.78 is 5.29. The van der Waals surface area contributed by atoms with Gasteiger partial charge < -0.3 is 20.3 Å². The lowest BCUT2D eigenvalue weighted by Gasteiger charge is -2.40. The maximum absolute atomic E-state index is 5.29. The van der Waals surface area contributed by atoms with Gasteiger partial charge in [0.2, 0.25) is 0 Å². The number of methoxy groups -OCH3 is 1. The van der Waals surface area contributed by atoms with Gasteiger partial charge in [0.25, 0.3) is 0 Å². The van der Waals surface area contributed by atoms with E-state index in [9.17, 15) is 0 Å². The van der Waals surface area contributed by atoms with Gasteiger partial charge in [-0.3, -0.25) is 4.99 Å². The highest BCUT2D eigenvalue weighted by Crippen LogP contribution is 2.44. The number of nitrogens with zero attached hydrogens (tertiary/aromatic N) is 2. The van der Waals surface area contributed by atoms with Crippen molar-refractivity contribution in [2.24, 2.45) is 22.2 Å². The number of piperidine rings is 1. The molecule has 1 saturated heterocycles. The van der Waals surface area contributed by atoms with Crippen LogP contribution < -0.4 is 10.6 Å². The quantitative estimate of drug-likeness (QED) is 0.302. The summed E-state index contributed by atoms with van der Waals surface area (Å²) in [6, 6.07) is 0. The van der Waals surface area contributed by atoms with E-state index in [1.807, 2.05) is 0 Å². The van der Waals surface area contributed by atoms with Crippen molar-refractivity contribution in [2.45, 2.75) is 52.9 Å². The van der Waals surface area contributed by atoms with Crippen LogP contribution in [0.3, 0.4) is 0 Å². The van der Waals surface area contributed by atoms with Crippen LogP contribution in [-0.4, -0.2) is 63.8 Å². The number of hydrogen-bond donors (Lipinski definition) is 2. The Labute approximate surface area is 178 Å². The Morgan fingerprint density at radius 3 is 2.42 bits per heavy atom. The third kappa shape index (κ3) is 7.89. The van der Waals surface area contributed by atoms with Gasteiger partial charge in [-0.1, -0.05) is 20.3 Å². The van der Waals surface area contributed by atoms with Crippen LogP contribution in [0.25, 0.3) is 0 Å². The smallest absolute Gasteiger partial charge is 0.191 e. The van der Waals surface area contributed by atoms with Crippen LogP contribution in [-0.2, 0) is 4.74 Å². The monoisotopic (exact) mass is 480 g/mol. The number of halogens is 1. The van der Waals surface area contributed by atoms with E-state index in [4.69, 9.17) is 9.73 Å². The first kappa shape index (κ1) is 24.0. The van der Waals surface area contributed by atoms with Crippen LogP contribution in [0.1, 0.15) is 52.9 Å². The Morgan fingerprint density at radius 2 is 1.88 bits per heavy atom. The van der Waals surface area contributed by atoms with Gasteiger partial charge in [-0.25, -0.2) is 0 Å². The van der Waals surface area contributed by atoms with Gasteiger partial charge >= 0.3 is 0 Å². The van der Waals surface area contributed by atoms with Crippen molar-refractivity contribution in [1.29, 1.82) is 0 Å². The molecule has 26 heavy (non-hydrogen) atoms. The molecular weight excluding hydrogens is 439 g/mol. The Balaban J connectivity index is 0.00000338. The van der Waals surface area contributed by atoms with Crippen molar-refractivity contribution in [1.82, 2.24) is 15.5 Å². The number of likely N-dealkylation sites (tertiary alicyclic amines) is 1. The van der Waals surface area contributed by atoms with E-state index >= 15 is 0 Å². The van der Waals surface area contributed by atoms with Crippen molar-refractivity contribution < 1.29 is 4.74 Å². The second kappa shape index (κ2) is 12.4. The first-order valence-corrected chi connectivity index (χ1v) is 10.3. The fraction of sp³-hybridized carbons (Fsp3) is 0.950. The van der Waals surface area contributed by atoms with E-state index in [2.05, 4.69) is 36.3 Å². The van der Waals surface area contributed by atoms with E-state index < -0.39 is 0 Å². The summed E-state index contributed by atoms with van der Waals surface area (Å²) in [5, 5.41) is 6.94. The van der Waals surface area contributed by atoms with Crippen molar-refractivity contribution >= 4 is 29.9 Å². The predicted molar refractivity (Wildman–Crippen MR) is 122 cm³/mol. The van der Waals surface area contributed by atoms with Gasteiger partial charge in [-0.15, -0.1) is 24.0 Å². The zero-order valence-electron chi connectivity index (χ0n) is 17.4. The lowest BCUT2D eigenvalue weighted by Crippen LogP contribution is -2.45. The number of nitrogens with one attached hydrogen (secondary N) is 2. The van der Waals surface area contributed by atoms with Gasteiger partial charge in [0.1, 0.15) is 0 Å². The van der Waals surface area contributed by atoms with Crippen LogP contribution in [0, 0.1) is 17.3 Å². The van der Waals surface area contributed by atoms with E-state index in [0.717, 1.165) is 57.0 Å². The molecule has 0 aromatic heterocycles. The minimum Gasteiger partial charge on any atom is -0.385 e. The number of aliphatic imine (C=N–C) groups is 1. The van der Waals surface area contributed by atoms with Crippen LogP contribution in [0.2, 0.25) is 0 Å². The fourth-order valence-corrected chi connectivity index (χ4v) is 4.38. The number of ether oxygens (including phenoxy) is 1. The van der Waals surface area contributed by atoms with Crippen LogP contribution >= 0.6 is 24.0 Å². The van der Waals surface area contributed by atoms with Gasteiger partial charge in [-0.2, -0.15) is 0 Å². The largest absolute Gasteiger partial charge is 0.385 e. The van der Waals surface area contributed by atoms with Crippen molar-refractivity contribution in [3.8, 4) is 0 Å². The summed E-state index contributed by atoms with van der Waals surface area (Å²) in [6.45, 7) is 14.1. The van der Waals surface area contributed by atoms with Crippen LogP contribution in [0.4, 0.5) is 0 Å². The molecule has 2 fully saturated rings. The zero-order chi connectivity index (χ0) is 18.1. The first-order valence-electron chi connectivity index (χ1n) is 10.3. The third-order valence-electron chi connectivity index (χ3n) is 5.83. The summed E-state index contributed by atoms with van der Waals surface area (Å²) in [5.74, 6) is 2.62. The molecule has 6 heteroatoms. The highest BCUT2D eigenvalue weighted by atomic mass is 127. The molecule has 1 aliphatic carbocycles. The minimum atomic E-state index is 0. The molecule has 154 valence electrons. The second-order valence-electron chi connectivity index (χ2n) is 8.42. The van der Waals surface area contributed by atoms with Crippen molar-refractivity contribution in [2.75, 3.05) is 53.0 Å². The lowest BCUT2D eigenvalue weighted by atomic mass is 9.67.